The summed E-state index contributed by atoms with van der Waals surface area (Å²) in [5.74, 6) is -3.37. The standard InChI is InChI=1S/C31H40N4O9/c1-4-41-23(36)13-12-21(28(38)34-16-18-35(19-17-34)30(40)43-6-3)25-24(27(32)37)26(20-10-7-8-11-22(20)33-25)44-31(14-9-15-31)29(39)42-5-2/h7-8,10-11,21H,4-6,9,12-19H2,1-3H3,(H2,32,37). The number of nitrogens with zero attached hydrogens (tertiary/aromatic N) is 3. The number of para-hydroxylation sites is 1. The van der Waals surface area contributed by atoms with Crippen molar-refractivity contribution in [1.29, 1.82) is 0 Å². The molecular formula is C31H40N4O9. The molecule has 2 aromatic rings. The first kappa shape index (κ1) is 32.5. The number of primary amides is 1. The lowest BCUT2D eigenvalue weighted by molar-refractivity contribution is -0.169. The molecule has 1 aromatic heterocycles. The number of rotatable bonds is 12. The van der Waals surface area contributed by atoms with Crippen LogP contribution < -0.4 is 10.5 Å². The summed E-state index contributed by atoms with van der Waals surface area (Å²) in [5.41, 5.74) is 4.99. The number of esters is 2. The van der Waals surface area contributed by atoms with Gasteiger partial charge in [0.25, 0.3) is 5.91 Å². The molecule has 0 spiro atoms. The number of piperazine rings is 1. The summed E-state index contributed by atoms with van der Waals surface area (Å²) in [6.07, 6.45) is 0.878. The van der Waals surface area contributed by atoms with Gasteiger partial charge in [0.2, 0.25) is 11.5 Å². The lowest BCUT2D eigenvalue weighted by atomic mass is 9.79. The first-order chi connectivity index (χ1) is 21.2. The van der Waals surface area contributed by atoms with Gasteiger partial charge < -0.3 is 34.5 Å². The molecule has 1 atom stereocenters. The van der Waals surface area contributed by atoms with Crippen LogP contribution in [0.2, 0.25) is 0 Å². The van der Waals surface area contributed by atoms with E-state index in [1.54, 1.807) is 49.9 Å². The van der Waals surface area contributed by atoms with Gasteiger partial charge in [0.05, 0.1) is 36.9 Å². The van der Waals surface area contributed by atoms with Crippen LogP contribution in [0, 0.1) is 0 Å². The molecule has 44 heavy (non-hydrogen) atoms. The number of pyridine rings is 1. The smallest absolute Gasteiger partial charge is 0.409 e. The summed E-state index contributed by atoms with van der Waals surface area (Å²) in [4.78, 5) is 72.9. The van der Waals surface area contributed by atoms with Crippen LogP contribution >= 0.6 is 0 Å². The van der Waals surface area contributed by atoms with Crippen molar-refractivity contribution in [3.63, 3.8) is 0 Å². The summed E-state index contributed by atoms with van der Waals surface area (Å²) >= 11 is 0. The molecule has 1 saturated carbocycles. The van der Waals surface area contributed by atoms with Gasteiger partial charge in [-0.25, -0.2) is 9.59 Å². The number of aromatic nitrogens is 1. The van der Waals surface area contributed by atoms with Crippen LogP contribution in [0.1, 0.15) is 74.8 Å². The average molecular weight is 613 g/mol. The molecular weight excluding hydrogens is 572 g/mol. The van der Waals surface area contributed by atoms with Crippen LogP contribution in [0.3, 0.4) is 0 Å². The fourth-order valence-electron chi connectivity index (χ4n) is 5.52. The molecule has 2 heterocycles. The van der Waals surface area contributed by atoms with Crippen molar-refractivity contribution in [2.45, 2.75) is 64.4 Å². The van der Waals surface area contributed by atoms with E-state index < -0.39 is 41.4 Å². The second-order valence-corrected chi connectivity index (χ2v) is 10.7. The molecule has 1 aromatic carbocycles. The molecule has 13 heteroatoms. The SMILES string of the molecule is CCOC(=O)CCC(C(=O)N1CCN(C(=O)OCC)CC1)c1nc2ccccc2c(OC2(C(=O)OCC)CCC2)c1C(N)=O. The Hall–Kier alpha value is -4.42. The van der Waals surface area contributed by atoms with Crippen LogP contribution in [0.4, 0.5) is 4.79 Å². The second kappa shape index (κ2) is 14.4. The molecule has 13 nitrogen and oxygen atoms in total. The third kappa shape index (κ3) is 6.87. The topological polar surface area (TPSA) is 168 Å². The normalized spacial score (nSPS) is 16.4. The van der Waals surface area contributed by atoms with Crippen molar-refractivity contribution in [2.75, 3.05) is 46.0 Å². The lowest BCUT2D eigenvalue weighted by Crippen LogP contribution is -2.52. The molecule has 1 aliphatic heterocycles. The van der Waals surface area contributed by atoms with E-state index in [-0.39, 0.29) is 75.8 Å². The molecule has 3 amide bonds. The molecule has 2 N–H and O–H groups in total. The fourth-order valence-corrected chi connectivity index (χ4v) is 5.52. The van der Waals surface area contributed by atoms with Gasteiger partial charge in [0, 0.05) is 38.0 Å². The summed E-state index contributed by atoms with van der Waals surface area (Å²) in [6.45, 7) is 6.58. The van der Waals surface area contributed by atoms with E-state index in [1.807, 2.05) is 0 Å². The molecule has 2 aliphatic rings. The van der Waals surface area contributed by atoms with E-state index in [2.05, 4.69) is 0 Å². The Kier molecular flexibility index (Phi) is 10.6. The van der Waals surface area contributed by atoms with E-state index in [1.165, 1.54) is 4.90 Å². The largest absolute Gasteiger partial charge is 0.474 e. The Morgan fingerprint density at radius 2 is 1.55 bits per heavy atom. The third-order valence-corrected chi connectivity index (χ3v) is 7.91. The number of hydrogen-bond donors (Lipinski definition) is 1. The van der Waals surface area contributed by atoms with Crippen molar-refractivity contribution in [1.82, 2.24) is 14.8 Å². The average Bonchev–Trinajstić information content (AvgIpc) is 2.99. The highest BCUT2D eigenvalue weighted by Gasteiger charge is 2.49. The van der Waals surface area contributed by atoms with Crippen molar-refractivity contribution in [2.24, 2.45) is 5.73 Å². The minimum absolute atomic E-state index is 0.0240. The van der Waals surface area contributed by atoms with Gasteiger partial charge in [-0.15, -0.1) is 0 Å². The monoisotopic (exact) mass is 612 g/mol. The molecule has 238 valence electrons. The summed E-state index contributed by atoms with van der Waals surface area (Å²) in [6, 6.07) is 6.90. The van der Waals surface area contributed by atoms with Crippen LogP contribution in [0.5, 0.6) is 5.75 Å². The van der Waals surface area contributed by atoms with E-state index in [4.69, 9.17) is 29.7 Å². The highest BCUT2D eigenvalue weighted by molar-refractivity contribution is 6.05. The Labute approximate surface area is 255 Å². The lowest BCUT2D eigenvalue weighted by Gasteiger charge is -2.40. The fraction of sp³-hybridized carbons (Fsp3) is 0.548. The van der Waals surface area contributed by atoms with Gasteiger partial charge in [-0.1, -0.05) is 12.1 Å². The number of benzene rings is 1. The minimum Gasteiger partial charge on any atom is -0.474 e. The molecule has 2 fully saturated rings. The molecule has 1 aliphatic carbocycles. The Morgan fingerprint density at radius 1 is 0.909 bits per heavy atom. The maximum Gasteiger partial charge on any atom is 0.409 e. The van der Waals surface area contributed by atoms with Gasteiger partial charge >= 0.3 is 18.0 Å². The molecule has 4 rings (SSSR count). The highest BCUT2D eigenvalue weighted by atomic mass is 16.6. The summed E-state index contributed by atoms with van der Waals surface area (Å²) in [5, 5.41) is 0.445. The maximum atomic E-state index is 14.2. The summed E-state index contributed by atoms with van der Waals surface area (Å²) in [7, 11) is 0. The van der Waals surface area contributed by atoms with Crippen molar-refractivity contribution in [3.05, 3.63) is 35.5 Å². The zero-order valence-corrected chi connectivity index (χ0v) is 25.5. The number of carbonyl (C=O) groups excluding carboxylic acids is 5. The number of hydrogen-bond acceptors (Lipinski definition) is 10. The molecule has 1 saturated heterocycles. The Bertz CT molecular complexity index is 1400. The first-order valence-corrected chi connectivity index (χ1v) is 15.1. The minimum atomic E-state index is -1.31. The van der Waals surface area contributed by atoms with Crippen LogP contribution in [0.15, 0.2) is 24.3 Å². The summed E-state index contributed by atoms with van der Waals surface area (Å²) < 4.78 is 21.9. The zero-order chi connectivity index (χ0) is 31.9. The number of fused-ring (bicyclic) bond motifs is 1. The molecule has 0 bridgehead atoms. The Morgan fingerprint density at radius 3 is 2.14 bits per heavy atom. The van der Waals surface area contributed by atoms with Gasteiger partial charge in [-0.2, -0.15) is 0 Å². The van der Waals surface area contributed by atoms with Gasteiger partial charge in [-0.3, -0.25) is 19.4 Å². The number of ether oxygens (including phenoxy) is 4. The van der Waals surface area contributed by atoms with Crippen LogP contribution in [-0.4, -0.2) is 96.2 Å². The number of carbonyl (C=O) groups is 5. The van der Waals surface area contributed by atoms with E-state index in [0.29, 0.717) is 23.7 Å². The zero-order valence-electron chi connectivity index (χ0n) is 25.5. The third-order valence-electron chi connectivity index (χ3n) is 7.91. The van der Waals surface area contributed by atoms with Crippen molar-refractivity contribution in [3.8, 4) is 5.75 Å². The highest BCUT2D eigenvalue weighted by Crippen LogP contribution is 2.43. The second-order valence-electron chi connectivity index (χ2n) is 10.7. The number of amides is 3. The van der Waals surface area contributed by atoms with Crippen molar-refractivity contribution < 1.29 is 42.9 Å². The Balaban J connectivity index is 1.79. The van der Waals surface area contributed by atoms with E-state index >= 15 is 0 Å². The van der Waals surface area contributed by atoms with E-state index in [0.717, 1.165) is 6.42 Å². The quantitative estimate of drug-likeness (QED) is 0.278. The predicted octanol–water partition coefficient (Wildman–Crippen LogP) is 2.93. The number of nitrogens with two attached hydrogens (primary N) is 1. The molecule has 1 unspecified atom stereocenters. The van der Waals surface area contributed by atoms with E-state index in [9.17, 15) is 24.0 Å². The van der Waals surface area contributed by atoms with Gasteiger partial charge in [-0.05, 0) is 58.6 Å². The van der Waals surface area contributed by atoms with Crippen LogP contribution in [-0.2, 0) is 28.6 Å². The first-order valence-electron chi connectivity index (χ1n) is 15.1. The molecule has 0 radical (unpaired) electrons. The predicted molar refractivity (Wildman–Crippen MR) is 158 cm³/mol. The van der Waals surface area contributed by atoms with Crippen LogP contribution in [0.25, 0.3) is 10.9 Å². The van der Waals surface area contributed by atoms with Gasteiger partial charge in [0.1, 0.15) is 11.3 Å². The van der Waals surface area contributed by atoms with Crippen molar-refractivity contribution >= 4 is 40.7 Å². The van der Waals surface area contributed by atoms with Gasteiger partial charge in [0.15, 0.2) is 0 Å². The maximum absolute atomic E-state index is 14.2.